The number of hydrogen-bond donors (Lipinski definition) is 1. The molecule has 2 aromatic heterocycles. The molecule has 2 heterocycles. The maximum Gasteiger partial charge on any atom is 0.125 e. The highest BCUT2D eigenvalue weighted by Gasteiger charge is 2.03. The minimum atomic E-state index is 0.624. The van der Waals surface area contributed by atoms with Crippen LogP contribution in [0.1, 0.15) is 30.9 Å². The molecule has 0 bridgehead atoms. The van der Waals surface area contributed by atoms with E-state index in [1.165, 1.54) is 5.69 Å². The van der Waals surface area contributed by atoms with Gasteiger partial charge in [0.1, 0.15) is 5.82 Å². The molecular weight excluding hydrogens is 238 g/mol. The SMILES string of the molecule is Cc1ncc(CNCc2cncn2CC(C)C)cn1. The summed E-state index contributed by atoms with van der Waals surface area (Å²) < 4.78 is 2.20. The first-order valence-corrected chi connectivity index (χ1v) is 6.62. The number of imidazole rings is 1. The predicted octanol–water partition coefficient (Wildman–Crippen LogP) is 1.93. The van der Waals surface area contributed by atoms with Crippen molar-refractivity contribution >= 4 is 0 Å². The molecule has 0 aromatic carbocycles. The van der Waals surface area contributed by atoms with Gasteiger partial charge in [0.05, 0.1) is 12.0 Å². The summed E-state index contributed by atoms with van der Waals surface area (Å²) in [5.74, 6) is 1.43. The Kier molecular flexibility index (Phi) is 4.63. The second kappa shape index (κ2) is 6.43. The Hall–Kier alpha value is -1.75. The lowest BCUT2D eigenvalue weighted by Gasteiger charge is -2.11. The van der Waals surface area contributed by atoms with E-state index in [1.807, 2.05) is 31.8 Å². The van der Waals surface area contributed by atoms with E-state index in [1.54, 1.807) is 0 Å². The van der Waals surface area contributed by atoms with Crippen molar-refractivity contribution in [3.63, 3.8) is 0 Å². The van der Waals surface area contributed by atoms with E-state index in [9.17, 15) is 0 Å². The molecule has 0 aliphatic rings. The summed E-state index contributed by atoms with van der Waals surface area (Å²) in [6.07, 6.45) is 7.54. The van der Waals surface area contributed by atoms with Crippen LogP contribution in [-0.4, -0.2) is 19.5 Å². The lowest BCUT2D eigenvalue weighted by Crippen LogP contribution is -2.17. The van der Waals surface area contributed by atoms with E-state index >= 15 is 0 Å². The van der Waals surface area contributed by atoms with Gasteiger partial charge in [0.25, 0.3) is 0 Å². The second-order valence-corrected chi connectivity index (χ2v) is 5.17. The number of aryl methyl sites for hydroxylation is 1. The van der Waals surface area contributed by atoms with Gasteiger partial charge in [-0.25, -0.2) is 15.0 Å². The number of hydrogen-bond acceptors (Lipinski definition) is 4. The highest BCUT2D eigenvalue weighted by atomic mass is 15.1. The minimum absolute atomic E-state index is 0.624. The van der Waals surface area contributed by atoms with E-state index < -0.39 is 0 Å². The molecule has 0 aliphatic heterocycles. The van der Waals surface area contributed by atoms with Crippen molar-refractivity contribution in [3.8, 4) is 0 Å². The van der Waals surface area contributed by atoms with Gasteiger partial charge in [-0.3, -0.25) is 0 Å². The molecule has 0 radical (unpaired) electrons. The van der Waals surface area contributed by atoms with Gasteiger partial charge in [-0.2, -0.15) is 0 Å². The molecule has 0 aliphatic carbocycles. The average molecular weight is 259 g/mol. The van der Waals surface area contributed by atoms with Crippen molar-refractivity contribution in [2.75, 3.05) is 0 Å². The molecule has 5 heteroatoms. The quantitative estimate of drug-likeness (QED) is 0.861. The first-order chi connectivity index (χ1) is 9.15. The van der Waals surface area contributed by atoms with Crippen molar-refractivity contribution in [1.82, 2.24) is 24.8 Å². The van der Waals surface area contributed by atoms with Gasteiger partial charge in [-0.15, -0.1) is 0 Å². The van der Waals surface area contributed by atoms with Crippen LogP contribution >= 0.6 is 0 Å². The normalized spacial score (nSPS) is 11.2. The first kappa shape index (κ1) is 13.7. The van der Waals surface area contributed by atoms with Crippen LogP contribution in [0.4, 0.5) is 0 Å². The molecular formula is C14H21N5. The third kappa shape index (κ3) is 4.13. The summed E-state index contributed by atoms with van der Waals surface area (Å²) in [6.45, 7) is 8.89. The van der Waals surface area contributed by atoms with Gasteiger partial charge in [-0.1, -0.05) is 13.8 Å². The molecule has 0 unspecified atom stereocenters. The molecule has 0 amide bonds. The van der Waals surface area contributed by atoms with Gasteiger partial charge in [-0.05, 0) is 12.8 Å². The number of nitrogens with one attached hydrogen (secondary N) is 1. The topological polar surface area (TPSA) is 55.6 Å². The van der Waals surface area contributed by atoms with Crippen molar-refractivity contribution in [3.05, 3.63) is 42.0 Å². The molecule has 0 atom stereocenters. The van der Waals surface area contributed by atoms with Gasteiger partial charge >= 0.3 is 0 Å². The molecule has 0 fully saturated rings. The van der Waals surface area contributed by atoms with Gasteiger partial charge < -0.3 is 9.88 Å². The number of aromatic nitrogens is 4. The van der Waals surface area contributed by atoms with E-state index in [-0.39, 0.29) is 0 Å². The first-order valence-electron chi connectivity index (χ1n) is 6.62. The van der Waals surface area contributed by atoms with Crippen LogP contribution in [0, 0.1) is 12.8 Å². The van der Waals surface area contributed by atoms with Crippen LogP contribution < -0.4 is 5.32 Å². The Morgan fingerprint density at radius 1 is 1.16 bits per heavy atom. The molecule has 0 saturated carbocycles. The van der Waals surface area contributed by atoms with Crippen molar-refractivity contribution in [2.24, 2.45) is 5.92 Å². The largest absolute Gasteiger partial charge is 0.333 e. The zero-order chi connectivity index (χ0) is 13.7. The number of rotatable bonds is 6. The third-order valence-corrected chi connectivity index (χ3v) is 2.83. The monoisotopic (exact) mass is 259 g/mol. The van der Waals surface area contributed by atoms with Crippen LogP contribution in [0.2, 0.25) is 0 Å². The lowest BCUT2D eigenvalue weighted by molar-refractivity contribution is 0.500. The maximum absolute atomic E-state index is 4.21. The van der Waals surface area contributed by atoms with Gasteiger partial charge in [0, 0.05) is 43.8 Å². The Morgan fingerprint density at radius 3 is 2.58 bits per heavy atom. The highest BCUT2D eigenvalue weighted by molar-refractivity contribution is 5.05. The maximum atomic E-state index is 4.21. The van der Waals surface area contributed by atoms with Gasteiger partial charge in [0.15, 0.2) is 0 Å². The summed E-state index contributed by atoms with van der Waals surface area (Å²) >= 11 is 0. The minimum Gasteiger partial charge on any atom is -0.333 e. The zero-order valence-corrected chi connectivity index (χ0v) is 11.8. The van der Waals surface area contributed by atoms with Crippen molar-refractivity contribution in [2.45, 2.75) is 40.4 Å². The Bertz CT molecular complexity index is 501. The second-order valence-electron chi connectivity index (χ2n) is 5.17. The molecule has 2 aromatic rings. The van der Waals surface area contributed by atoms with Gasteiger partial charge in [0.2, 0.25) is 0 Å². The Morgan fingerprint density at radius 2 is 1.89 bits per heavy atom. The average Bonchev–Trinajstić information content (AvgIpc) is 2.78. The Balaban J connectivity index is 1.85. The van der Waals surface area contributed by atoms with E-state index in [2.05, 4.69) is 38.7 Å². The van der Waals surface area contributed by atoms with Crippen molar-refractivity contribution < 1.29 is 0 Å². The standard InChI is InChI=1S/C14H21N5/c1-11(2)9-19-10-16-8-14(19)7-15-4-13-5-17-12(3)18-6-13/h5-6,8,10-11,15H,4,7,9H2,1-3H3. The molecule has 102 valence electrons. The van der Waals surface area contributed by atoms with E-state index in [4.69, 9.17) is 0 Å². The molecule has 0 saturated heterocycles. The summed E-state index contributed by atoms with van der Waals surface area (Å²) in [5, 5.41) is 3.40. The summed E-state index contributed by atoms with van der Waals surface area (Å²) in [5.41, 5.74) is 2.31. The lowest BCUT2D eigenvalue weighted by atomic mass is 10.2. The highest BCUT2D eigenvalue weighted by Crippen LogP contribution is 2.05. The molecule has 19 heavy (non-hydrogen) atoms. The summed E-state index contributed by atoms with van der Waals surface area (Å²) in [7, 11) is 0. The smallest absolute Gasteiger partial charge is 0.125 e. The van der Waals surface area contributed by atoms with Crippen LogP contribution in [0.15, 0.2) is 24.9 Å². The fraction of sp³-hybridized carbons (Fsp3) is 0.500. The fourth-order valence-corrected chi connectivity index (χ4v) is 1.90. The molecule has 2 rings (SSSR count). The summed E-state index contributed by atoms with van der Waals surface area (Å²) in [6, 6.07) is 0. The summed E-state index contributed by atoms with van der Waals surface area (Å²) in [4.78, 5) is 12.6. The molecule has 5 nitrogen and oxygen atoms in total. The molecule has 1 N–H and O–H groups in total. The zero-order valence-electron chi connectivity index (χ0n) is 11.8. The van der Waals surface area contributed by atoms with Crippen LogP contribution in [0.3, 0.4) is 0 Å². The van der Waals surface area contributed by atoms with E-state index in [0.29, 0.717) is 5.92 Å². The van der Waals surface area contributed by atoms with Crippen molar-refractivity contribution in [1.29, 1.82) is 0 Å². The fourth-order valence-electron chi connectivity index (χ4n) is 1.90. The van der Waals surface area contributed by atoms with E-state index in [0.717, 1.165) is 31.0 Å². The number of nitrogens with zero attached hydrogens (tertiary/aromatic N) is 4. The molecule has 0 spiro atoms. The third-order valence-electron chi connectivity index (χ3n) is 2.83. The predicted molar refractivity (Wildman–Crippen MR) is 74.4 cm³/mol. The van der Waals surface area contributed by atoms with Crippen LogP contribution in [0.5, 0.6) is 0 Å². The van der Waals surface area contributed by atoms with Crippen LogP contribution in [0.25, 0.3) is 0 Å². The Labute approximate surface area is 114 Å². The van der Waals surface area contributed by atoms with Crippen LogP contribution in [-0.2, 0) is 19.6 Å².